The molecule has 0 saturated carbocycles. The van der Waals surface area contributed by atoms with Crippen LogP contribution in [0.5, 0.6) is 0 Å². The molecule has 146 valence electrons. The molecule has 2 saturated heterocycles. The number of carbonyl (C=O) groups is 2. The van der Waals surface area contributed by atoms with E-state index in [1.807, 2.05) is 16.8 Å². The molecule has 27 heavy (non-hydrogen) atoms. The molecule has 1 aliphatic carbocycles. The minimum Gasteiger partial charge on any atom is -0.338 e. The Hall–Kier alpha value is -1.95. The summed E-state index contributed by atoms with van der Waals surface area (Å²) in [6, 6.07) is 2.35. The number of hydrogen-bond donors (Lipinski definition) is 1. The van der Waals surface area contributed by atoms with E-state index in [2.05, 4.69) is 16.4 Å². The first-order valence-corrected chi connectivity index (χ1v) is 10.4. The van der Waals surface area contributed by atoms with Gasteiger partial charge in [-0.15, -0.1) is 0 Å². The maximum Gasteiger partial charge on any atom is 0.255 e. The summed E-state index contributed by atoms with van der Waals surface area (Å²) >= 11 is 0. The van der Waals surface area contributed by atoms with Crippen molar-refractivity contribution in [2.45, 2.75) is 51.0 Å². The molecule has 0 radical (unpaired) electrons. The number of carbonyl (C=O) groups excluding carboxylic acids is 2. The Bertz CT molecular complexity index is 720. The molecule has 1 aromatic rings. The van der Waals surface area contributed by atoms with Crippen molar-refractivity contribution >= 4 is 11.8 Å². The first-order valence-electron chi connectivity index (χ1n) is 10.4. The van der Waals surface area contributed by atoms with Crippen LogP contribution in [0.25, 0.3) is 0 Å². The molecular formula is C21H30N4O2. The van der Waals surface area contributed by atoms with Gasteiger partial charge < -0.3 is 15.1 Å². The third kappa shape index (κ3) is 3.72. The molecule has 1 aromatic heterocycles. The van der Waals surface area contributed by atoms with Gasteiger partial charge in [0.2, 0.25) is 5.91 Å². The van der Waals surface area contributed by atoms with Crippen molar-refractivity contribution in [3.63, 3.8) is 0 Å². The number of nitrogens with one attached hydrogen (secondary N) is 1. The molecular weight excluding hydrogens is 340 g/mol. The molecule has 0 spiro atoms. The number of likely N-dealkylation sites (tertiary alicyclic amines) is 2. The van der Waals surface area contributed by atoms with Gasteiger partial charge in [-0.2, -0.15) is 0 Å². The fourth-order valence-electron chi connectivity index (χ4n) is 4.95. The minimum absolute atomic E-state index is 0.105. The third-order valence-corrected chi connectivity index (χ3v) is 6.45. The normalized spacial score (nSPS) is 25.1. The zero-order valence-corrected chi connectivity index (χ0v) is 16.2. The first kappa shape index (κ1) is 18.4. The maximum absolute atomic E-state index is 13.1. The Morgan fingerprint density at radius 2 is 2.11 bits per heavy atom. The molecule has 6 heteroatoms. The van der Waals surface area contributed by atoms with E-state index in [1.165, 1.54) is 24.1 Å². The summed E-state index contributed by atoms with van der Waals surface area (Å²) in [6.45, 7) is 3.06. The van der Waals surface area contributed by atoms with Crippen LogP contribution in [-0.4, -0.2) is 65.9 Å². The molecule has 0 unspecified atom stereocenters. The van der Waals surface area contributed by atoms with Gasteiger partial charge in [-0.1, -0.05) is 0 Å². The Morgan fingerprint density at radius 3 is 2.96 bits per heavy atom. The molecule has 2 atom stereocenters. The standard InChI is InChI=1S/C21H30N4O2/c1-22-9-11-25-19-8-10-24(14-16(19)6-7-20(25)26)21(27)17-12-15-4-2-3-5-18(15)23-13-17/h12-13,16,19,22H,2-11,14H2,1H3/t16-,19+/m0/s1. The molecule has 1 N–H and O–H groups in total. The van der Waals surface area contributed by atoms with Gasteiger partial charge in [0, 0.05) is 50.5 Å². The Morgan fingerprint density at radius 1 is 1.26 bits per heavy atom. The lowest BCUT2D eigenvalue weighted by atomic mass is 9.83. The van der Waals surface area contributed by atoms with Gasteiger partial charge in [-0.05, 0) is 63.1 Å². The van der Waals surface area contributed by atoms with Crippen LogP contribution in [0.3, 0.4) is 0 Å². The largest absolute Gasteiger partial charge is 0.338 e. The smallest absolute Gasteiger partial charge is 0.255 e. The van der Waals surface area contributed by atoms with Gasteiger partial charge in [-0.25, -0.2) is 0 Å². The summed E-state index contributed by atoms with van der Waals surface area (Å²) < 4.78 is 0. The number of hydrogen-bond acceptors (Lipinski definition) is 4. The van der Waals surface area contributed by atoms with Gasteiger partial charge in [0.05, 0.1) is 5.56 Å². The van der Waals surface area contributed by atoms with Crippen LogP contribution >= 0.6 is 0 Å². The molecule has 6 nitrogen and oxygen atoms in total. The van der Waals surface area contributed by atoms with E-state index in [0.29, 0.717) is 12.3 Å². The predicted octanol–water partition coefficient (Wildman–Crippen LogP) is 1.63. The summed E-state index contributed by atoms with van der Waals surface area (Å²) in [5.74, 6) is 0.765. The minimum atomic E-state index is 0.105. The van der Waals surface area contributed by atoms with Gasteiger partial charge in [0.25, 0.3) is 5.91 Å². The van der Waals surface area contributed by atoms with Crippen molar-refractivity contribution in [1.82, 2.24) is 20.1 Å². The monoisotopic (exact) mass is 370 g/mol. The van der Waals surface area contributed by atoms with Crippen LogP contribution in [0, 0.1) is 5.92 Å². The van der Waals surface area contributed by atoms with Crippen LogP contribution in [0.2, 0.25) is 0 Å². The van der Waals surface area contributed by atoms with Crippen molar-refractivity contribution in [3.05, 3.63) is 29.1 Å². The number of aryl methyl sites for hydroxylation is 2. The van der Waals surface area contributed by atoms with Crippen LogP contribution in [0.15, 0.2) is 12.3 Å². The molecule has 3 heterocycles. The van der Waals surface area contributed by atoms with Gasteiger partial charge in [0.1, 0.15) is 0 Å². The molecule has 2 fully saturated rings. The Kier molecular flexibility index (Phi) is 5.43. The number of piperidine rings is 2. The lowest BCUT2D eigenvalue weighted by molar-refractivity contribution is -0.140. The SMILES string of the molecule is CNCCN1C(=O)CC[C@H]2CN(C(=O)c3cnc4c(c3)CCCC4)CC[C@H]21. The van der Waals surface area contributed by atoms with Crippen molar-refractivity contribution < 1.29 is 9.59 Å². The first-order chi connectivity index (χ1) is 13.2. The zero-order chi connectivity index (χ0) is 18.8. The van der Waals surface area contributed by atoms with Gasteiger partial charge in [0.15, 0.2) is 0 Å². The molecule has 0 bridgehead atoms. The average molecular weight is 370 g/mol. The summed E-state index contributed by atoms with van der Waals surface area (Å²) in [5, 5.41) is 3.14. The van der Waals surface area contributed by atoms with Crippen LogP contribution in [0.4, 0.5) is 0 Å². The molecule has 4 rings (SSSR count). The summed E-state index contributed by atoms with van der Waals surface area (Å²) in [6.07, 6.45) is 8.61. The quantitative estimate of drug-likeness (QED) is 0.875. The van der Waals surface area contributed by atoms with Gasteiger partial charge >= 0.3 is 0 Å². The number of likely N-dealkylation sites (N-methyl/N-ethyl adjacent to an activating group) is 1. The van der Waals surface area contributed by atoms with E-state index in [4.69, 9.17) is 0 Å². The number of aromatic nitrogens is 1. The van der Waals surface area contributed by atoms with E-state index in [9.17, 15) is 9.59 Å². The zero-order valence-electron chi connectivity index (χ0n) is 16.2. The second-order valence-electron chi connectivity index (χ2n) is 8.13. The van der Waals surface area contributed by atoms with Crippen LogP contribution in [-0.2, 0) is 17.6 Å². The highest BCUT2D eigenvalue weighted by molar-refractivity contribution is 5.94. The summed E-state index contributed by atoms with van der Waals surface area (Å²) in [4.78, 5) is 34.0. The number of rotatable bonds is 4. The third-order valence-electron chi connectivity index (χ3n) is 6.45. The number of nitrogens with zero attached hydrogens (tertiary/aromatic N) is 3. The highest BCUT2D eigenvalue weighted by Crippen LogP contribution is 2.32. The topological polar surface area (TPSA) is 65.5 Å². The van der Waals surface area contributed by atoms with Crippen molar-refractivity contribution in [2.24, 2.45) is 5.92 Å². The van der Waals surface area contributed by atoms with E-state index in [0.717, 1.165) is 57.4 Å². The van der Waals surface area contributed by atoms with E-state index in [-0.39, 0.29) is 17.9 Å². The lowest BCUT2D eigenvalue weighted by Gasteiger charge is -2.47. The predicted molar refractivity (Wildman–Crippen MR) is 104 cm³/mol. The van der Waals surface area contributed by atoms with Crippen LogP contribution in [0.1, 0.15) is 53.7 Å². The molecule has 2 amide bonds. The highest BCUT2D eigenvalue weighted by Gasteiger charge is 2.40. The van der Waals surface area contributed by atoms with Crippen molar-refractivity contribution in [3.8, 4) is 0 Å². The molecule has 0 aromatic carbocycles. The fraction of sp³-hybridized carbons (Fsp3) is 0.667. The van der Waals surface area contributed by atoms with Crippen LogP contribution < -0.4 is 5.32 Å². The second kappa shape index (κ2) is 7.97. The Balaban J connectivity index is 1.44. The van der Waals surface area contributed by atoms with E-state index >= 15 is 0 Å². The molecule has 2 aliphatic heterocycles. The van der Waals surface area contributed by atoms with Gasteiger partial charge in [-0.3, -0.25) is 14.6 Å². The maximum atomic E-state index is 13.1. The fourth-order valence-corrected chi connectivity index (χ4v) is 4.95. The number of amides is 2. The van der Waals surface area contributed by atoms with Crippen molar-refractivity contribution in [2.75, 3.05) is 33.2 Å². The Labute approximate surface area is 161 Å². The second-order valence-corrected chi connectivity index (χ2v) is 8.13. The molecule has 3 aliphatic rings. The highest BCUT2D eigenvalue weighted by atomic mass is 16.2. The summed E-state index contributed by atoms with van der Waals surface area (Å²) in [7, 11) is 1.92. The summed E-state index contributed by atoms with van der Waals surface area (Å²) in [5.41, 5.74) is 3.15. The number of pyridine rings is 1. The number of fused-ring (bicyclic) bond motifs is 2. The van der Waals surface area contributed by atoms with E-state index in [1.54, 1.807) is 6.20 Å². The van der Waals surface area contributed by atoms with Crippen molar-refractivity contribution in [1.29, 1.82) is 0 Å². The lowest BCUT2D eigenvalue weighted by Crippen LogP contribution is -2.57. The van der Waals surface area contributed by atoms with E-state index < -0.39 is 0 Å². The average Bonchev–Trinajstić information content (AvgIpc) is 2.72.